The van der Waals surface area contributed by atoms with Gasteiger partial charge in [0, 0.05) is 0 Å². The van der Waals surface area contributed by atoms with Gasteiger partial charge in [0.25, 0.3) is 0 Å². The van der Waals surface area contributed by atoms with Gasteiger partial charge in [-0.25, -0.2) is 4.79 Å². The minimum atomic E-state index is -0.805. The Morgan fingerprint density at radius 3 is 2.29 bits per heavy atom. The third-order valence-corrected chi connectivity index (χ3v) is 0.706. The topological polar surface area (TPSA) is 46.5 Å². The fourth-order valence-electron chi connectivity index (χ4n) is 0.0445. The first-order valence-electron chi connectivity index (χ1n) is 1.39. The maximum Gasteiger partial charge on any atom is 0.382 e. The molecule has 0 radical (unpaired) electrons. The molecule has 0 spiro atoms. The molecular weight excluding hydrogens is 211 g/mol. The van der Waals surface area contributed by atoms with E-state index >= 15 is 0 Å². The highest BCUT2D eigenvalue weighted by Crippen LogP contribution is 1.92. The van der Waals surface area contributed by atoms with Crippen LogP contribution in [0, 0.1) is 0 Å². The first-order valence-corrected chi connectivity index (χ1v) is 2.27. The molecule has 4 heteroatoms. The fourth-order valence-corrected chi connectivity index (χ4v) is 0.299. The Labute approximate surface area is 54.7 Å². The Morgan fingerprint density at radius 1 is 1.86 bits per heavy atom. The summed E-state index contributed by atoms with van der Waals surface area (Å²) >= 11 is 1.36. The summed E-state index contributed by atoms with van der Waals surface area (Å²) in [5.41, 5.74) is 0. The normalized spacial score (nSPS) is 7.57. The van der Waals surface area contributed by atoms with Crippen molar-refractivity contribution in [3.8, 4) is 0 Å². The summed E-state index contributed by atoms with van der Waals surface area (Å²) in [7, 11) is 0. The third kappa shape index (κ3) is 2.44. The van der Waals surface area contributed by atoms with Crippen LogP contribution in [0.3, 0.4) is 0 Å². The highest BCUT2D eigenvalue weighted by molar-refractivity contribution is 14.1. The Bertz CT molecular complexity index is 98.4. The van der Waals surface area contributed by atoms with Crippen molar-refractivity contribution in [1.82, 2.24) is 0 Å². The van der Waals surface area contributed by atoms with Crippen molar-refractivity contribution in [3.05, 3.63) is 12.3 Å². The van der Waals surface area contributed by atoms with Gasteiger partial charge in [0.1, 0.15) is 0 Å². The summed E-state index contributed by atoms with van der Waals surface area (Å²) in [4.78, 5) is 9.93. The van der Waals surface area contributed by atoms with E-state index in [1.807, 2.05) is 0 Å². The number of aliphatic hydroxyl groups excluding tert-OH is 1. The molecule has 0 fully saturated rings. The van der Waals surface area contributed by atoms with Gasteiger partial charge < -0.3 is 8.17 Å². The van der Waals surface area contributed by atoms with E-state index in [2.05, 4.69) is 9.65 Å². The molecule has 0 aromatic carbocycles. The second kappa shape index (κ2) is 2.84. The number of aliphatic hydroxyl groups is 1. The molecule has 7 heavy (non-hydrogen) atoms. The van der Waals surface area contributed by atoms with E-state index in [1.54, 1.807) is 0 Å². The molecule has 0 aromatic heterocycles. The molecule has 1 N–H and O–H groups in total. The van der Waals surface area contributed by atoms with Gasteiger partial charge in [-0.1, -0.05) is 0 Å². The lowest BCUT2D eigenvalue weighted by Crippen LogP contribution is -1.97. The van der Waals surface area contributed by atoms with Crippen LogP contribution in [0.4, 0.5) is 0 Å². The van der Waals surface area contributed by atoms with Crippen LogP contribution in [-0.4, -0.2) is 11.1 Å². The molecule has 0 saturated heterocycles. The summed E-state index contributed by atoms with van der Waals surface area (Å²) in [5.74, 6) is -1.38. The molecule has 0 unspecified atom stereocenters. The van der Waals surface area contributed by atoms with E-state index in [9.17, 15) is 4.79 Å². The van der Waals surface area contributed by atoms with E-state index in [0.29, 0.717) is 0 Å². The van der Waals surface area contributed by atoms with E-state index in [1.165, 1.54) is 23.0 Å². The Kier molecular flexibility index (Phi) is 2.73. The van der Waals surface area contributed by atoms with Crippen LogP contribution < -0.4 is 0 Å². The quantitative estimate of drug-likeness (QED) is 0.401. The van der Waals surface area contributed by atoms with Crippen molar-refractivity contribution in [1.29, 1.82) is 0 Å². The number of carbonyl (C=O) groups excluding carboxylic acids is 1. The predicted molar refractivity (Wildman–Crippen MR) is 31.9 cm³/mol. The summed E-state index contributed by atoms with van der Waals surface area (Å²) in [6.45, 7) is 2.90. The molecule has 0 aromatic rings. The lowest BCUT2D eigenvalue weighted by atomic mass is 10.6. The predicted octanol–water partition coefficient (Wildman–Crippen LogP) is 0.951. The maximum absolute atomic E-state index is 9.93. The Morgan fingerprint density at radius 2 is 2.29 bits per heavy atom. The van der Waals surface area contributed by atoms with Crippen LogP contribution in [-0.2, 0) is 7.86 Å². The molecule has 0 atom stereocenters. The van der Waals surface area contributed by atoms with Crippen LogP contribution in [0.2, 0.25) is 0 Å². The number of hydrogen-bond acceptors (Lipinski definition) is 3. The fraction of sp³-hybridized carbons (Fsp3) is 0. The average Bonchev–Trinajstić information content (AvgIpc) is 1.65. The zero-order valence-electron chi connectivity index (χ0n) is 3.35. The van der Waals surface area contributed by atoms with Crippen molar-refractivity contribution in [2.75, 3.05) is 0 Å². The summed E-state index contributed by atoms with van der Waals surface area (Å²) < 4.78 is 3.99. The van der Waals surface area contributed by atoms with Gasteiger partial charge >= 0.3 is 5.97 Å². The van der Waals surface area contributed by atoms with Crippen molar-refractivity contribution in [2.45, 2.75) is 0 Å². The molecule has 0 bridgehead atoms. The lowest BCUT2D eigenvalue weighted by molar-refractivity contribution is -0.129. The first kappa shape index (κ1) is 6.74. The van der Waals surface area contributed by atoms with Crippen LogP contribution in [0.5, 0.6) is 0 Å². The van der Waals surface area contributed by atoms with Gasteiger partial charge in [-0.15, -0.1) is 0 Å². The molecule has 3 nitrogen and oxygen atoms in total. The van der Waals surface area contributed by atoms with E-state index < -0.39 is 11.7 Å². The number of hydrogen-bond donors (Lipinski definition) is 1. The van der Waals surface area contributed by atoms with Gasteiger partial charge in [-0.3, -0.25) is 0 Å². The van der Waals surface area contributed by atoms with Gasteiger partial charge in [0.05, 0.1) is 0 Å². The zero-order valence-corrected chi connectivity index (χ0v) is 5.51. The highest BCUT2D eigenvalue weighted by Gasteiger charge is 2.01. The van der Waals surface area contributed by atoms with Crippen molar-refractivity contribution >= 4 is 29.0 Å². The molecule has 0 heterocycles. The SMILES string of the molecule is C=C(O)C(=O)OI. The Hall–Kier alpha value is -0.260. The standard InChI is InChI=1S/C3H3IO3/c1-2(5)3(6)7-4/h5H,1H2. The summed E-state index contributed by atoms with van der Waals surface area (Å²) in [6, 6.07) is 0. The minimum absolute atomic E-state index is 0.575. The third-order valence-electron chi connectivity index (χ3n) is 0.306. The van der Waals surface area contributed by atoms with Crippen molar-refractivity contribution in [3.63, 3.8) is 0 Å². The molecule has 0 aliphatic carbocycles. The molecule has 0 rings (SSSR count). The maximum atomic E-state index is 9.93. The van der Waals surface area contributed by atoms with Crippen LogP contribution in [0.1, 0.15) is 0 Å². The van der Waals surface area contributed by atoms with Gasteiger partial charge in [-0.05, 0) is 6.58 Å². The molecule has 0 aliphatic rings. The first-order chi connectivity index (χ1) is 3.18. The average molecular weight is 214 g/mol. The largest absolute Gasteiger partial charge is 0.502 e. The monoisotopic (exact) mass is 214 g/mol. The van der Waals surface area contributed by atoms with Crippen molar-refractivity contribution in [2.24, 2.45) is 0 Å². The van der Waals surface area contributed by atoms with Gasteiger partial charge in [0.15, 0.2) is 28.8 Å². The molecular formula is C3H3IO3. The van der Waals surface area contributed by atoms with E-state index in [0.717, 1.165) is 0 Å². The van der Waals surface area contributed by atoms with Crippen LogP contribution in [0.15, 0.2) is 12.3 Å². The summed E-state index contributed by atoms with van der Waals surface area (Å²) in [6.07, 6.45) is 0. The molecule has 0 amide bonds. The minimum Gasteiger partial charge on any atom is -0.502 e. The second-order valence-electron chi connectivity index (χ2n) is 0.811. The lowest BCUT2D eigenvalue weighted by Gasteiger charge is -1.87. The zero-order chi connectivity index (χ0) is 5.86. The molecule has 40 valence electrons. The van der Waals surface area contributed by atoms with Gasteiger partial charge in [-0.2, -0.15) is 0 Å². The van der Waals surface area contributed by atoms with Crippen molar-refractivity contribution < 1.29 is 13.0 Å². The number of halogens is 1. The smallest absolute Gasteiger partial charge is 0.382 e. The number of carbonyl (C=O) groups is 1. The van der Waals surface area contributed by atoms with Gasteiger partial charge in [0.2, 0.25) is 0 Å². The molecule has 0 aliphatic heterocycles. The van der Waals surface area contributed by atoms with E-state index in [-0.39, 0.29) is 0 Å². The number of rotatable bonds is 1. The van der Waals surface area contributed by atoms with E-state index in [4.69, 9.17) is 5.11 Å². The second-order valence-corrected chi connectivity index (χ2v) is 1.25. The van der Waals surface area contributed by atoms with Crippen LogP contribution in [0.25, 0.3) is 0 Å². The summed E-state index contributed by atoms with van der Waals surface area (Å²) in [5, 5.41) is 8.15. The van der Waals surface area contributed by atoms with Crippen LogP contribution >= 0.6 is 23.0 Å². The highest BCUT2D eigenvalue weighted by atomic mass is 127. The molecule has 0 saturated carbocycles. The Balaban J connectivity index is 3.58.